The topological polar surface area (TPSA) is 63.5 Å². The second kappa shape index (κ2) is 6.24. The highest BCUT2D eigenvalue weighted by molar-refractivity contribution is 7.89. The Morgan fingerprint density at radius 2 is 1.95 bits per heavy atom. The van der Waals surface area contributed by atoms with Crippen LogP contribution in [0.5, 0.6) is 0 Å². The lowest BCUT2D eigenvalue weighted by Crippen LogP contribution is -2.34. The fourth-order valence-electron chi connectivity index (χ4n) is 2.49. The standard InChI is InChI=1S/C13H20ClN3O2S2/c1-8(2)10(9(3)4)7-15-21(18,19)12-11(14)16-13-17(12)5-6-20-13/h5-6,8-10,15H,7H2,1-4H3. The molecule has 0 amide bonds. The van der Waals surface area contributed by atoms with Crippen molar-refractivity contribution < 1.29 is 8.42 Å². The number of aromatic nitrogens is 2. The number of nitrogens with one attached hydrogen (secondary N) is 1. The van der Waals surface area contributed by atoms with E-state index in [9.17, 15) is 8.42 Å². The zero-order chi connectivity index (χ0) is 15.8. The maximum absolute atomic E-state index is 12.5. The van der Waals surface area contributed by atoms with Gasteiger partial charge in [0.25, 0.3) is 10.0 Å². The minimum absolute atomic E-state index is 0.0139. The molecule has 8 heteroatoms. The molecule has 2 heterocycles. The van der Waals surface area contributed by atoms with E-state index in [4.69, 9.17) is 11.6 Å². The summed E-state index contributed by atoms with van der Waals surface area (Å²) in [6.45, 7) is 8.79. The van der Waals surface area contributed by atoms with Crippen molar-refractivity contribution >= 4 is 37.9 Å². The molecule has 1 N–H and O–H groups in total. The molecule has 0 aliphatic heterocycles. The van der Waals surface area contributed by atoms with E-state index in [0.717, 1.165) is 0 Å². The predicted molar refractivity (Wildman–Crippen MR) is 86.4 cm³/mol. The molecule has 0 atom stereocenters. The molecule has 0 radical (unpaired) electrons. The van der Waals surface area contributed by atoms with Crippen molar-refractivity contribution in [3.63, 3.8) is 0 Å². The van der Waals surface area contributed by atoms with Gasteiger partial charge in [0, 0.05) is 18.1 Å². The van der Waals surface area contributed by atoms with Gasteiger partial charge < -0.3 is 0 Å². The van der Waals surface area contributed by atoms with Crippen LogP contribution in [0, 0.1) is 17.8 Å². The smallest absolute Gasteiger partial charge is 0.259 e. The van der Waals surface area contributed by atoms with Crippen molar-refractivity contribution in [3.05, 3.63) is 16.7 Å². The van der Waals surface area contributed by atoms with Crippen LogP contribution in [-0.2, 0) is 10.0 Å². The van der Waals surface area contributed by atoms with Gasteiger partial charge >= 0.3 is 0 Å². The van der Waals surface area contributed by atoms with Gasteiger partial charge in [-0.25, -0.2) is 18.1 Å². The maximum atomic E-state index is 12.5. The quantitative estimate of drug-likeness (QED) is 0.870. The van der Waals surface area contributed by atoms with E-state index in [2.05, 4.69) is 37.4 Å². The fraction of sp³-hybridized carbons (Fsp3) is 0.615. The van der Waals surface area contributed by atoms with Gasteiger partial charge in [0.15, 0.2) is 15.1 Å². The molecule has 2 rings (SSSR count). The molecule has 2 aromatic rings. The van der Waals surface area contributed by atoms with Gasteiger partial charge in [-0.2, -0.15) is 0 Å². The molecule has 0 unspecified atom stereocenters. The summed E-state index contributed by atoms with van der Waals surface area (Å²) in [6, 6.07) is 0. The van der Waals surface area contributed by atoms with Crippen molar-refractivity contribution in [2.75, 3.05) is 6.54 Å². The first-order chi connectivity index (χ1) is 9.74. The summed E-state index contributed by atoms with van der Waals surface area (Å²) in [7, 11) is -3.68. The highest BCUT2D eigenvalue weighted by Gasteiger charge is 2.27. The Kier molecular flexibility index (Phi) is 4.97. The van der Waals surface area contributed by atoms with Gasteiger partial charge in [-0.1, -0.05) is 39.3 Å². The Bertz CT molecular complexity index is 711. The maximum Gasteiger partial charge on any atom is 0.259 e. The third-order valence-corrected chi connectivity index (χ3v) is 6.23. The van der Waals surface area contributed by atoms with E-state index in [-0.39, 0.29) is 16.1 Å². The average Bonchev–Trinajstić information content (AvgIpc) is 2.86. The van der Waals surface area contributed by atoms with Gasteiger partial charge in [-0.3, -0.25) is 4.40 Å². The second-order valence-corrected chi connectivity index (χ2v) is 8.68. The molecule has 118 valence electrons. The number of hydrogen-bond donors (Lipinski definition) is 1. The van der Waals surface area contributed by atoms with E-state index in [0.29, 0.717) is 23.3 Å². The second-order valence-electron chi connectivity index (χ2n) is 5.77. The van der Waals surface area contributed by atoms with E-state index in [1.165, 1.54) is 15.7 Å². The summed E-state index contributed by atoms with van der Waals surface area (Å²) < 4.78 is 29.2. The van der Waals surface area contributed by atoms with Crippen molar-refractivity contribution in [3.8, 4) is 0 Å². The lowest BCUT2D eigenvalue weighted by atomic mass is 9.86. The van der Waals surface area contributed by atoms with E-state index in [1.807, 2.05) is 0 Å². The van der Waals surface area contributed by atoms with Crippen LogP contribution in [0.2, 0.25) is 5.15 Å². The first-order valence-electron chi connectivity index (χ1n) is 6.84. The van der Waals surface area contributed by atoms with Crippen LogP contribution in [0.25, 0.3) is 4.96 Å². The predicted octanol–water partition coefficient (Wildman–Crippen LogP) is 3.26. The molecule has 0 fully saturated rings. The monoisotopic (exact) mass is 349 g/mol. The van der Waals surface area contributed by atoms with Crippen LogP contribution < -0.4 is 4.72 Å². The highest BCUT2D eigenvalue weighted by Crippen LogP contribution is 2.26. The third-order valence-electron chi connectivity index (χ3n) is 3.65. The van der Waals surface area contributed by atoms with Crippen molar-refractivity contribution in [2.24, 2.45) is 17.8 Å². The van der Waals surface area contributed by atoms with Crippen LogP contribution in [0.1, 0.15) is 27.7 Å². The first kappa shape index (κ1) is 16.7. The molecule has 2 aromatic heterocycles. The molecule has 5 nitrogen and oxygen atoms in total. The summed E-state index contributed by atoms with van der Waals surface area (Å²) in [5.41, 5.74) is 0. The first-order valence-corrected chi connectivity index (χ1v) is 9.58. The van der Waals surface area contributed by atoms with Crippen LogP contribution in [0.3, 0.4) is 0 Å². The number of halogens is 1. The lowest BCUT2D eigenvalue weighted by Gasteiger charge is -2.24. The summed E-state index contributed by atoms with van der Waals surface area (Å²) in [5, 5.41) is 1.81. The van der Waals surface area contributed by atoms with Crippen LogP contribution in [0.15, 0.2) is 16.6 Å². The minimum atomic E-state index is -3.68. The summed E-state index contributed by atoms with van der Waals surface area (Å²) in [6.07, 6.45) is 1.66. The average molecular weight is 350 g/mol. The van der Waals surface area contributed by atoms with Gasteiger partial charge in [-0.15, -0.1) is 11.3 Å². The van der Waals surface area contributed by atoms with Gasteiger partial charge in [0.2, 0.25) is 0 Å². The number of rotatable bonds is 6. The molecule has 0 aliphatic rings. The van der Waals surface area contributed by atoms with Crippen LogP contribution >= 0.6 is 22.9 Å². The highest BCUT2D eigenvalue weighted by atomic mass is 35.5. The normalized spacial score (nSPS) is 13.1. The van der Waals surface area contributed by atoms with E-state index >= 15 is 0 Å². The van der Waals surface area contributed by atoms with Crippen LogP contribution in [-0.4, -0.2) is 24.3 Å². The molecule has 0 saturated heterocycles. The molecular formula is C13H20ClN3O2S2. The largest absolute Gasteiger partial charge is 0.279 e. The molecular weight excluding hydrogens is 330 g/mol. The number of fused-ring (bicyclic) bond motifs is 1. The van der Waals surface area contributed by atoms with Gasteiger partial charge in [0.1, 0.15) is 0 Å². The Hall–Kier alpha value is -0.630. The Balaban J connectivity index is 2.26. The Morgan fingerprint density at radius 1 is 1.33 bits per heavy atom. The number of sulfonamides is 1. The van der Waals surface area contributed by atoms with Crippen LogP contribution in [0.4, 0.5) is 0 Å². The SMILES string of the molecule is CC(C)C(CNS(=O)(=O)c1c(Cl)nc2sccn12)C(C)C. The molecule has 0 saturated carbocycles. The number of hydrogen-bond acceptors (Lipinski definition) is 4. The van der Waals surface area contributed by atoms with Crippen molar-refractivity contribution in [2.45, 2.75) is 32.7 Å². The number of thiazole rings is 1. The minimum Gasteiger partial charge on any atom is -0.279 e. The number of imidazole rings is 1. The zero-order valence-electron chi connectivity index (χ0n) is 12.5. The van der Waals surface area contributed by atoms with E-state index in [1.54, 1.807) is 11.6 Å². The molecule has 0 aliphatic carbocycles. The summed E-state index contributed by atoms with van der Waals surface area (Å²) in [4.78, 5) is 4.64. The number of nitrogens with zero attached hydrogens (tertiary/aromatic N) is 2. The molecule has 0 bridgehead atoms. The zero-order valence-corrected chi connectivity index (χ0v) is 14.9. The summed E-state index contributed by atoms with van der Waals surface area (Å²) in [5.74, 6) is 1.06. The van der Waals surface area contributed by atoms with Crippen molar-refractivity contribution in [1.82, 2.24) is 14.1 Å². The van der Waals surface area contributed by atoms with Gasteiger partial charge in [0.05, 0.1) is 0 Å². The molecule has 21 heavy (non-hydrogen) atoms. The Labute approximate surface area is 134 Å². The molecule has 0 spiro atoms. The summed E-state index contributed by atoms with van der Waals surface area (Å²) >= 11 is 7.34. The van der Waals surface area contributed by atoms with E-state index < -0.39 is 10.0 Å². The van der Waals surface area contributed by atoms with Crippen molar-refractivity contribution in [1.29, 1.82) is 0 Å². The fourth-order valence-corrected chi connectivity index (χ4v) is 5.01. The van der Waals surface area contributed by atoms with Gasteiger partial charge in [-0.05, 0) is 17.8 Å². The Morgan fingerprint density at radius 3 is 2.52 bits per heavy atom. The molecule has 0 aromatic carbocycles. The third kappa shape index (κ3) is 3.41. The lowest BCUT2D eigenvalue weighted by molar-refractivity contribution is 0.289.